The summed E-state index contributed by atoms with van der Waals surface area (Å²) in [7, 11) is 0. The first-order valence-electron chi connectivity index (χ1n) is 5.59. The number of carboxylic acids is 1. The summed E-state index contributed by atoms with van der Waals surface area (Å²) in [4.78, 5) is 20.4. The van der Waals surface area contributed by atoms with Gasteiger partial charge in [-0.25, -0.2) is 4.79 Å². The minimum absolute atomic E-state index is 0.324. The normalized spacial score (nSPS) is 26.6. The number of carboxylic acid groups (broad SMARTS) is 1. The first kappa shape index (κ1) is 12.8. The van der Waals surface area contributed by atoms with E-state index in [1.807, 2.05) is 6.92 Å². The Bertz CT molecular complexity index is 518. The van der Waals surface area contributed by atoms with Crippen molar-refractivity contribution >= 4 is 23.3 Å². The van der Waals surface area contributed by atoms with Gasteiger partial charge in [-0.05, 0) is 19.4 Å². The molecule has 0 spiro atoms. The third kappa shape index (κ3) is 1.95. The van der Waals surface area contributed by atoms with E-state index < -0.39 is 11.6 Å². The number of aromatic nitrogens is 1. The molecule has 0 amide bonds. The lowest BCUT2D eigenvalue weighted by molar-refractivity contribution is -0.164. The summed E-state index contributed by atoms with van der Waals surface area (Å²) in [5.74, 6) is -1.35. The van der Waals surface area contributed by atoms with Crippen LogP contribution in [0.15, 0.2) is 23.6 Å². The van der Waals surface area contributed by atoms with Gasteiger partial charge >= 0.3 is 5.97 Å². The Morgan fingerprint density at radius 1 is 1.61 bits per heavy atom. The highest BCUT2D eigenvalue weighted by Gasteiger charge is 2.50. The molecule has 0 aliphatic carbocycles. The van der Waals surface area contributed by atoms with Crippen LogP contribution < -0.4 is 0 Å². The topological polar surface area (TPSA) is 71.8 Å². The number of nitrogens with zero attached hydrogens (tertiary/aromatic N) is 2. The number of halogens is 1. The Balaban J connectivity index is 2.39. The molecule has 6 heteroatoms. The maximum atomic E-state index is 11.3. The number of hydrogen-bond acceptors (Lipinski definition) is 4. The van der Waals surface area contributed by atoms with E-state index in [0.29, 0.717) is 22.7 Å². The quantitative estimate of drug-likeness (QED) is 0.913. The second-order valence-electron chi connectivity index (χ2n) is 4.33. The third-order valence-corrected chi connectivity index (χ3v) is 3.37. The Morgan fingerprint density at radius 3 is 2.89 bits per heavy atom. The average molecular weight is 269 g/mol. The predicted molar refractivity (Wildman–Crippen MR) is 66.7 cm³/mol. The summed E-state index contributed by atoms with van der Waals surface area (Å²) in [6.45, 7) is 3.42. The van der Waals surface area contributed by atoms with Crippen LogP contribution in [-0.2, 0) is 9.63 Å². The van der Waals surface area contributed by atoms with Crippen LogP contribution in [0.1, 0.15) is 25.8 Å². The molecule has 2 atom stereocenters. The number of hydrogen-bond donors (Lipinski definition) is 1. The van der Waals surface area contributed by atoms with E-state index in [4.69, 9.17) is 16.4 Å². The van der Waals surface area contributed by atoms with Crippen molar-refractivity contribution in [1.29, 1.82) is 0 Å². The minimum Gasteiger partial charge on any atom is -0.478 e. The lowest BCUT2D eigenvalue weighted by Crippen LogP contribution is -2.43. The Labute approximate surface area is 109 Å². The molecule has 1 aliphatic heterocycles. The highest BCUT2D eigenvalue weighted by molar-refractivity contribution is 6.30. The van der Waals surface area contributed by atoms with Crippen molar-refractivity contribution in [2.45, 2.75) is 25.9 Å². The molecule has 1 N–H and O–H groups in total. The highest BCUT2D eigenvalue weighted by Crippen LogP contribution is 2.35. The summed E-state index contributed by atoms with van der Waals surface area (Å²) in [6.07, 6.45) is 3.72. The molecule has 96 valence electrons. The van der Waals surface area contributed by atoms with Crippen molar-refractivity contribution in [3.63, 3.8) is 0 Å². The second kappa shape index (κ2) is 4.57. The summed E-state index contributed by atoms with van der Waals surface area (Å²) >= 11 is 5.87. The molecule has 5 nitrogen and oxygen atoms in total. The summed E-state index contributed by atoms with van der Waals surface area (Å²) < 4.78 is 0. The van der Waals surface area contributed by atoms with Gasteiger partial charge in [0.2, 0.25) is 5.60 Å². The van der Waals surface area contributed by atoms with E-state index in [-0.39, 0.29) is 5.92 Å². The van der Waals surface area contributed by atoms with Crippen LogP contribution in [0.5, 0.6) is 0 Å². The molecular weight excluding hydrogens is 256 g/mol. The van der Waals surface area contributed by atoms with Crippen molar-refractivity contribution in [3.05, 3.63) is 29.0 Å². The van der Waals surface area contributed by atoms with Crippen molar-refractivity contribution in [3.8, 4) is 0 Å². The largest absolute Gasteiger partial charge is 0.478 e. The first-order chi connectivity index (χ1) is 8.49. The fourth-order valence-electron chi connectivity index (χ4n) is 2.11. The van der Waals surface area contributed by atoms with E-state index in [9.17, 15) is 9.90 Å². The van der Waals surface area contributed by atoms with E-state index in [0.717, 1.165) is 0 Å². The zero-order valence-corrected chi connectivity index (χ0v) is 10.8. The van der Waals surface area contributed by atoms with Crippen LogP contribution in [0.2, 0.25) is 5.02 Å². The summed E-state index contributed by atoms with van der Waals surface area (Å²) in [5, 5.41) is 13.6. The van der Waals surface area contributed by atoms with Gasteiger partial charge in [0.05, 0.1) is 16.7 Å². The monoisotopic (exact) mass is 268 g/mol. The molecule has 1 aliphatic rings. The molecule has 1 aromatic heterocycles. The minimum atomic E-state index is -1.33. The number of carbonyl (C=O) groups is 1. The predicted octanol–water partition coefficient (Wildman–Crippen LogP) is 2.34. The fraction of sp³-hybridized carbons (Fsp3) is 0.417. The van der Waals surface area contributed by atoms with E-state index >= 15 is 0 Å². The van der Waals surface area contributed by atoms with Crippen LogP contribution in [-0.4, -0.2) is 27.4 Å². The van der Waals surface area contributed by atoms with Gasteiger partial charge in [0, 0.05) is 18.0 Å². The van der Waals surface area contributed by atoms with Crippen molar-refractivity contribution in [1.82, 2.24) is 4.98 Å². The molecule has 2 heterocycles. The second-order valence-corrected chi connectivity index (χ2v) is 4.77. The van der Waals surface area contributed by atoms with Gasteiger partial charge in [0.15, 0.2) is 0 Å². The highest BCUT2D eigenvalue weighted by atomic mass is 35.5. The van der Waals surface area contributed by atoms with Crippen LogP contribution in [0.25, 0.3) is 0 Å². The standard InChI is InChI=1S/C12H13ClN2O3/c1-3-9-10(7-4-8(13)6-14-5-7)15-18-12(9,2)11(16)17/h4-6,9H,3H2,1-2H3,(H,16,17). The number of rotatable bonds is 3. The van der Waals surface area contributed by atoms with Crippen LogP contribution in [0.4, 0.5) is 0 Å². The number of pyridine rings is 1. The lowest BCUT2D eigenvalue weighted by Gasteiger charge is -2.23. The lowest BCUT2D eigenvalue weighted by atomic mass is 9.82. The van der Waals surface area contributed by atoms with Crippen LogP contribution >= 0.6 is 11.6 Å². The van der Waals surface area contributed by atoms with Gasteiger partial charge in [-0.15, -0.1) is 0 Å². The molecule has 18 heavy (non-hydrogen) atoms. The first-order valence-corrected chi connectivity index (χ1v) is 5.97. The van der Waals surface area contributed by atoms with Gasteiger partial charge in [0.1, 0.15) is 0 Å². The maximum Gasteiger partial charge on any atom is 0.351 e. The molecule has 0 saturated carbocycles. The Hall–Kier alpha value is -1.62. The van der Waals surface area contributed by atoms with Gasteiger partial charge in [-0.2, -0.15) is 0 Å². The van der Waals surface area contributed by atoms with Crippen LogP contribution in [0, 0.1) is 5.92 Å². The SMILES string of the molecule is CCC1C(c2cncc(Cl)c2)=NOC1(C)C(=O)O. The number of oxime groups is 1. The molecule has 0 radical (unpaired) electrons. The van der Waals surface area contributed by atoms with Gasteiger partial charge in [-0.1, -0.05) is 23.7 Å². The van der Waals surface area contributed by atoms with Crippen molar-refractivity contribution in [2.75, 3.05) is 0 Å². The third-order valence-electron chi connectivity index (χ3n) is 3.16. The summed E-state index contributed by atoms with van der Waals surface area (Å²) in [6, 6.07) is 1.70. The molecule has 1 aromatic rings. The smallest absolute Gasteiger partial charge is 0.351 e. The van der Waals surface area contributed by atoms with Gasteiger partial charge in [-0.3, -0.25) is 4.98 Å². The Morgan fingerprint density at radius 2 is 2.33 bits per heavy atom. The Kier molecular flexibility index (Phi) is 3.26. The number of aliphatic carboxylic acids is 1. The fourth-order valence-corrected chi connectivity index (χ4v) is 2.28. The molecule has 0 aromatic carbocycles. The molecule has 2 rings (SSSR count). The zero-order valence-electron chi connectivity index (χ0n) is 10.1. The van der Waals surface area contributed by atoms with E-state index in [1.54, 1.807) is 12.3 Å². The average Bonchev–Trinajstić information content (AvgIpc) is 2.67. The summed E-state index contributed by atoms with van der Waals surface area (Å²) in [5.41, 5.74) is -0.0522. The molecule has 0 saturated heterocycles. The zero-order chi connectivity index (χ0) is 13.3. The maximum absolute atomic E-state index is 11.3. The molecule has 0 bridgehead atoms. The molecular formula is C12H13ClN2O3. The van der Waals surface area contributed by atoms with E-state index in [2.05, 4.69) is 10.1 Å². The van der Waals surface area contributed by atoms with Gasteiger partial charge in [0.25, 0.3) is 0 Å². The van der Waals surface area contributed by atoms with Crippen molar-refractivity contribution < 1.29 is 14.7 Å². The molecule has 2 unspecified atom stereocenters. The van der Waals surface area contributed by atoms with E-state index in [1.165, 1.54) is 13.1 Å². The molecule has 0 fully saturated rings. The van der Waals surface area contributed by atoms with Crippen LogP contribution in [0.3, 0.4) is 0 Å². The van der Waals surface area contributed by atoms with Crippen molar-refractivity contribution in [2.24, 2.45) is 11.1 Å². The van der Waals surface area contributed by atoms with Gasteiger partial charge < -0.3 is 9.94 Å².